The van der Waals surface area contributed by atoms with Gasteiger partial charge in [-0.05, 0) is 43.0 Å². The Morgan fingerprint density at radius 3 is 2.50 bits per heavy atom. The van der Waals surface area contributed by atoms with Crippen molar-refractivity contribution in [3.63, 3.8) is 0 Å². The highest BCUT2D eigenvalue weighted by atomic mass is 16.2. The Bertz CT molecular complexity index is 797. The van der Waals surface area contributed by atoms with E-state index in [0.717, 1.165) is 25.1 Å². The number of ketones is 1. The first kappa shape index (κ1) is 20.5. The summed E-state index contributed by atoms with van der Waals surface area (Å²) in [6.45, 7) is 10.9. The molecule has 1 saturated heterocycles. The van der Waals surface area contributed by atoms with Gasteiger partial charge in [0.05, 0.1) is 11.3 Å². The highest BCUT2D eigenvalue weighted by molar-refractivity contribution is 6.09. The van der Waals surface area contributed by atoms with Crippen molar-refractivity contribution in [2.24, 2.45) is 5.92 Å². The molecule has 0 bridgehead atoms. The van der Waals surface area contributed by atoms with Crippen molar-refractivity contribution in [3.05, 3.63) is 29.3 Å². The van der Waals surface area contributed by atoms with E-state index in [9.17, 15) is 14.4 Å². The lowest BCUT2D eigenvalue weighted by molar-refractivity contribution is -0.120. The molecule has 1 fully saturated rings. The summed E-state index contributed by atoms with van der Waals surface area (Å²) >= 11 is 0. The number of hydrogen-bond acceptors (Lipinski definition) is 4. The average Bonchev–Trinajstić information content (AvgIpc) is 3.06. The van der Waals surface area contributed by atoms with Crippen molar-refractivity contribution >= 4 is 23.3 Å². The fourth-order valence-electron chi connectivity index (χ4n) is 3.96. The molecule has 2 aliphatic rings. The van der Waals surface area contributed by atoms with Gasteiger partial charge in [-0.3, -0.25) is 14.4 Å². The summed E-state index contributed by atoms with van der Waals surface area (Å²) in [6.07, 6.45) is 0.885. The molecule has 1 aromatic carbocycles. The number of rotatable bonds is 4. The molecule has 6 nitrogen and oxygen atoms in total. The highest BCUT2D eigenvalue weighted by Crippen LogP contribution is 2.31. The van der Waals surface area contributed by atoms with Crippen LogP contribution in [0, 0.1) is 5.92 Å². The Morgan fingerprint density at radius 2 is 1.89 bits per heavy atom. The summed E-state index contributed by atoms with van der Waals surface area (Å²) in [4.78, 5) is 42.8. The van der Waals surface area contributed by atoms with Crippen LogP contribution in [0.5, 0.6) is 0 Å². The molecule has 2 heterocycles. The molecule has 0 aromatic heterocycles. The SMILES string of the molecule is CC(=O)[C@H]1CCN(CCN2C(=O)CN(C)C(=O)c3cc(C(C)(C)C)ccc32)C1. The van der Waals surface area contributed by atoms with Gasteiger partial charge in [0.25, 0.3) is 5.91 Å². The van der Waals surface area contributed by atoms with Gasteiger partial charge in [-0.25, -0.2) is 0 Å². The second kappa shape index (κ2) is 7.66. The van der Waals surface area contributed by atoms with Gasteiger partial charge in [0.2, 0.25) is 5.91 Å². The van der Waals surface area contributed by atoms with E-state index < -0.39 is 0 Å². The fraction of sp³-hybridized carbons (Fsp3) is 0.591. The van der Waals surface area contributed by atoms with E-state index in [-0.39, 0.29) is 35.5 Å². The molecule has 0 aliphatic carbocycles. The van der Waals surface area contributed by atoms with E-state index in [2.05, 4.69) is 25.7 Å². The van der Waals surface area contributed by atoms with E-state index in [1.54, 1.807) is 18.9 Å². The molecule has 2 amide bonds. The molecule has 2 aliphatic heterocycles. The number of benzene rings is 1. The van der Waals surface area contributed by atoms with Gasteiger partial charge in [-0.15, -0.1) is 0 Å². The number of anilines is 1. The number of carbonyl (C=O) groups is 3. The number of likely N-dealkylation sites (tertiary alicyclic amines) is 1. The van der Waals surface area contributed by atoms with Gasteiger partial charge >= 0.3 is 0 Å². The van der Waals surface area contributed by atoms with E-state index in [4.69, 9.17) is 0 Å². The van der Waals surface area contributed by atoms with Crippen LogP contribution < -0.4 is 4.90 Å². The van der Waals surface area contributed by atoms with Crippen molar-refractivity contribution in [1.82, 2.24) is 9.80 Å². The van der Waals surface area contributed by atoms with Crippen molar-refractivity contribution in [2.75, 3.05) is 44.7 Å². The molecule has 28 heavy (non-hydrogen) atoms. The number of fused-ring (bicyclic) bond motifs is 1. The number of likely N-dealkylation sites (N-methyl/N-ethyl adjacent to an activating group) is 1. The predicted molar refractivity (Wildman–Crippen MR) is 110 cm³/mol. The lowest BCUT2D eigenvalue weighted by Crippen LogP contribution is -2.41. The summed E-state index contributed by atoms with van der Waals surface area (Å²) in [7, 11) is 1.68. The summed E-state index contributed by atoms with van der Waals surface area (Å²) in [5.41, 5.74) is 2.27. The van der Waals surface area contributed by atoms with Gasteiger partial charge in [0.15, 0.2) is 0 Å². The molecule has 6 heteroatoms. The summed E-state index contributed by atoms with van der Waals surface area (Å²) < 4.78 is 0. The normalized spacial score (nSPS) is 21.1. The first-order valence-corrected chi connectivity index (χ1v) is 10.0. The number of nitrogens with zero attached hydrogens (tertiary/aromatic N) is 3. The molecule has 0 radical (unpaired) electrons. The molecule has 1 aromatic rings. The third-order valence-electron chi connectivity index (χ3n) is 5.89. The van der Waals surface area contributed by atoms with Gasteiger partial charge in [0.1, 0.15) is 12.3 Å². The van der Waals surface area contributed by atoms with Crippen LogP contribution >= 0.6 is 0 Å². The lowest BCUT2D eigenvalue weighted by atomic mass is 9.85. The number of hydrogen-bond donors (Lipinski definition) is 0. The number of carbonyl (C=O) groups excluding carboxylic acids is 3. The maximum atomic E-state index is 12.9. The van der Waals surface area contributed by atoms with Gasteiger partial charge < -0.3 is 14.7 Å². The second-order valence-corrected chi connectivity index (χ2v) is 9.09. The number of amides is 2. The quantitative estimate of drug-likeness (QED) is 0.798. The number of Topliss-reactive ketones (excluding diaryl/α,β-unsaturated/α-hetero) is 1. The molecule has 3 rings (SSSR count). The van der Waals surface area contributed by atoms with E-state index in [0.29, 0.717) is 24.3 Å². The van der Waals surface area contributed by atoms with Crippen molar-refractivity contribution < 1.29 is 14.4 Å². The molecule has 1 atom stereocenters. The van der Waals surface area contributed by atoms with Crippen LogP contribution in [0.1, 0.15) is 50.0 Å². The Labute approximate surface area is 167 Å². The van der Waals surface area contributed by atoms with Crippen LogP contribution in [-0.4, -0.2) is 67.2 Å². The van der Waals surface area contributed by atoms with Gasteiger partial charge in [-0.2, -0.15) is 0 Å². The monoisotopic (exact) mass is 385 g/mol. The van der Waals surface area contributed by atoms with Crippen LogP contribution in [0.4, 0.5) is 5.69 Å². The topological polar surface area (TPSA) is 60.9 Å². The zero-order valence-electron chi connectivity index (χ0n) is 17.6. The molecule has 152 valence electrons. The summed E-state index contributed by atoms with van der Waals surface area (Å²) in [5.74, 6) is 0.157. The Balaban J connectivity index is 1.85. The standard InChI is InChI=1S/C22H31N3O3/c1-15(26)16-8-9-24(13-16)10-11-25-19-7-6-17(22(2,3)4)12-18(19)21(28)23(5)14-20(25)27/h6-7,12,16H,8-11,13-14H2,1-5H3/t16-/m0/s1. The van der Waals surface area contributed by atoms with E-state index in [1.165, 1.54) is 4.90 Å². The lowest BCUT2D eigenvalue weighted by Gasteiger charge is -2.27. The van der Waals surface area contributed by atoms with Crippen LogP contribution in [-0.2, 0) is 15.0 Å². The van der Waals surface area contributed by atoms with Crippen molar-refractivity contribution in [3.8, 4) is 0 Å². The average molecular weight is 386 g/mol. The maximum Gasteiger partial charge on any atom is 0.256 e. The zero-order chi connectivity index (χ0) is 20.6. The maximum absolute atomic E-state index is 12.9. The van der Waals surface area contributed by atoms with Gasteiger partial charge in [-0.1, -0.05) is 26.8 Å². The van der Waals surface area contributed by atoms with Gasteiger partial charge in [0, 0.05) is 32.6 Å². The molecule has 0 unspecified atom stereocenters. The Morgan fingerprint density at radius 1 is 1.18 bits per heavy atom. The summed E-state index contributed by atoms with van der Waals surface area (Å²) in [6, 6.07) is 5.86. The van der Waals surface area contributed by atoms with Crippen LogP contribution in [0.25, 0.3) is 0 Å². The highest BCUT2D eigenvalue weighted by Gasteiger charge is 2.32. The fourth-order valence-corrected chi connectivity index (χ4v) is 3.96. The predicted octanol–water partition coefficient (Wildman–Crippen LogP) is 2.31. The largest absolute Gasteiger partial charge is 0.332 e. The third kappa shape index (κ3) is 4.12. The first-order chi connectivity index (χ1) is 13.1. The molecule has 0 saturated carbocycles. The second-order valence-electron chi connectivity index (χ2n) is 9.09. The van der Waals surface area contributed by atoms with Crippen molar-refractivity contribution in [1.29, 1.82) is 0 Å². The Hall–Kier alpha value is -2.21. The molecular weight excluding hydrogens is 354 g/mol. The summed E-state index contributed by atoms with van der Waals surface area (Å²) in [5, 5.41) is 0. The minimum atomic E-state index is -0.116. The minimum absolute atomic E-state index is 0.0691. The van der Waals surface area contributed by atoms with Crippen LogP contribution in [0.2, 0.25) is 0 Å². The molecule has 0 N–H and O–H groups in total. The first-order valence-electron chi connectivity index (χ1n) is 10.0. The zero-order valence-corrected chi connectivity index (χ0v) is 17.6. The van der Waals surface area contributed by atoms with Crippen LogP contribution in [0.15, 0.2) is 18.2 Å². The molecule has 0 spiro atoms. The molecular formula is C22H31N3O3. The minimum Gasteiger partial charge on any atom is -0.332 e. The van der Waals surface area contributed by atoms with E-state index in [1.807, 2.05) is 18.2 Å². The third-order valence-corrected chi connectivity index (χ3v) is 5.89. The van der Waals surface area contributed by atoms with E-state index >= 15 is 0 Å². The van der Waals surface area contributed by atoms with Crippen LogP contribution in [0.3, 0.4) is 0 Å². The smallest absolute Gasteiger partial charge is 0.256 e. The Kier molecular flexibility index (Phi) is 5.62. The van der Waals surface area contributed by atoms with Crippen molar-refractivity contribution in [2.45, 2.75) is 39.5 Å².